The van der Waals surface area contributed by atoms with Crippen molar-refractivity contribution in [3.63, 3.8) is 0 Å². The van der Waals surface area contributed by atoms with E-state index >= 15 is 0 Å². The summed E-state index contributed by atoms with van der Waals surface area (Å²) in [4.78, 5) is 26.4. The molecule has 0 saturated carbocycles. The van der Waals surface area contributed by atoms with Crippen molar-refractivity contribution in [2.45, 2.75) is 13.3 Å². The zero-order valence-electron chi connectivity index (χ0n) is 10.4. The van der Waals surface area contributed by atoms with Crippen LogP contribution in [0.5, 0.6) is 0 Å². The van der Waals surface area contributed by atoms with Gasteiger partial charge in [0.05, 0.1) is 0 Å². The Morgan fingerprint density at radius 2 is 1.94 bits per heavy atom. The van der Waals surface area contributed by atoms with Gasteiger partial charge in [-0.1, -0.05) is 6.07 Å². The Labute approximate surface area is 101 Å². The lowest BCUT2D eigenvalue weighted by atomic mass is 10.1. The number of benzene rings is 1. The van der Waals surface area contributed by atoms with Crippen molar-refractivity contribution >= 4 is 23.1 Å². The van der Waals surface area contributed by atoms with E-state index in [1.165, 1.54) is 0 Å². The molecule has 1 fully saturated rings. The maximum atomic E-state index is 11.6. The van der Waals surface area contributed by atoms with Gasteiger partial charge in [-0.15, -0.1) is 0 Å². The lowest BCUT2D eigenvalue weighted by Gasteiger charge is -2.20. The van der Waals surface area contributed by atoms with E-state index in [0.717, 1.165) is 16.9 Å². The van der Waals surface area contributed by atoms with Crippen LogP contribution in [0, 0.1) is 6.92 Å². The molecule has 2 rings (SSSR count). The highest BCUT2D eigenvalue weighted by atomic mass is 16.2. The minimum atomic E-state index is -0.390. The molecule has 1 aromatic rings. The summed E-state index contributed by atoms with van der Waals surface area (Å²) >= 11 is 0. The van der Waals surface area contributed by atoms with Crippen LogP contribution in [0.1, 0.15) is 12.0 Å². The van der Waals surface area contributed by atoms with Crippen molar-refractivity contribution in [1.82, 2.24) is 0 Å². The van der Waals surface area contributed by atoms with Gasteiger partial charge in [0.1, 0.15) is 0 Å². The van der Waals surface area contributed by atoms with E-state index in [9.17, 15) is 9.59 Å². The molecule has 0 spiro atoms. The van der Waals surface area contributed by atoms with Gasteiger partial charge in [-0.3, -0.25) is 9.59 Å². The number of hydrogen-bond donors (Lipinski definition) is 0. The minimum absolute atomic E-state index is 0.294. The normalized spacial score (nSPS) is 15.6. The molecule has 4 heteroatoms. The number of anilines is 2. The van der Waals surface area contributed by atoms with Gasteiger partial charge >= 0.3 is 0 Å². The van der Waals surface area contributed by atoms with Gasteiger partial charge in [0.15, 0.2) is 0 Å². The lowest BCUT2D eigenvalue weighted by Crippen LogP contribution is -2.27. The summed E-state index contributed by atoms with van der Waals surface area (Å²) in [7, 11) is 3.92. The number of aryl methyl sites for hydroxylation is 1. The molecule has 1 amide bonds. The molecular formula is C13H16N2O2. The molecule has 0 aliphatic carbocycles. The van der Waals surface area contributed by atoms with Gasteiger partial charge in [-0.2, -0.15) is 0 Å². The number of amides is 1. The Morgan fingerprint density at radius 3 is 2.47 bits per heavy atom. The Hall–Kier alpha value is -1.84. The quantitative estimate of drug-likeness (QED) is 0.723. The number of nitrogens with zero attached hydrogens (tertiary/aromatic N) is 2. The molecule has 0 atom stereocenters. The van der Waals surface area contributed by atoms with E-state index in [-0.39, 0.29) is 5.78 Å². The van der Waals surface area contributed by atoms with Crippen LogP contribution in [-0.4, -0.2) is 32.3 Å². The van der Waals surface area contributed by atoms with E-state index in [1.807, 2.05) is 44.1 Å². The second-order valence-electron chi connectivity index (χ2n) is 4.50. The zero-order valence-corrected chi connectivity index (χ0v) is 10.4. The fraction of sp³-hybridized carbons (Fsp3) is 0.385. The van der Waals surface area contributed by atoms with Gasteiger partial charge in [-0.05, 0) is 24.6 Å². The van der Waals surface area contributed by atoms with Crippen LogP contribution in [0.2, 0.25) is 0 Å². The van der Waals surface area contributed by atoms with Crippen molar-refractivity contribution in [3.05, 3.63) is 23.8 Å². The summed E-state index contributed by atoms with van der Waals surface area (Å²) in [5, 5.41) is 0. The Kier molecular flexibility index (Phi) is 2.88. The number of ketones is 1. The van der Waals surface area contributed by atoms with E-state index in [1.54, 1.807) is 4.90 Å². The SMILES string of the molecule is Cc1ccc(N2CCC(=O)C2=O)cc1N(C)C. The molecule has 4 nitrogen and oxygen atoms in total. The zero-order chi connectivity index (χ0) is 12.6. The third kappa shape index (κ3) is 2.02. The highest BCUT2D eigenvalue weighted by Gasteiger charge is 2.30. The summed E-state index contributed by atoms with van der Waals surface area (Å²) in [6.07, 6.45) is 0.323. The standard InChI is InChI=1S/C13H16N2O2/c1-9-4-5-10(8-11(9)14(2)3)15-7-6-12(16)13(15)17/h4-5,8H,6-7H2,1-3H3. The molecular weight excluding hydrogens is 216 g/mol. The van der Waals surface area contributed by atoms with E-state index in [2.05, 4.69) is 0 Å². The highest BCUT2D eigenvalue weighted by Crippen LogP contribution is 2.27. The van der Waals surface area contributed by atoms with Gasteiger partial charge in [0.2, 0.25) is 5.78 Å². The van der Waals surface area contributed by atoms with Gasteiger partial charge < -0.3 is 9.80 Å². The van der Waals surface area contributed by atoms with Gasteiger partial charge in [0.25, 0.3) is 5.91 Å². The van der Waals surface area contributed by atoms with E-state index < -0.39 is 5.91 Å². The average Bonchev–Trinajstić information content (AvgIpc) is 2.60. The van der Waals surface area contributed by atoms with Crippen LogP contribution >= 0.6 is 0 Å². The molecule has 0 aromatic heterocycles. The third-order valence-corrected chi connectivity index (χ3v) is 3.03. The molecule has 17 heavy (non-hydrogen) atoms. The van der Waals surface area contributed by atoms with Crippen LogP contribution in [-0.2, 0) is 9.59 Å². The molecule has 1 heterocycles. The number of Topliss-reactive ketones (excluding diaryl/α,β-unsaturated/α-hetero) is 1. The van der Waals surface area contributed by atoms with Crippen molar-refractivity contribution in [2.24, 2.45) is 0 Å². The number of carbonyl (C=O) groups excluding carboxylic acids is 2. The molecule has 0 radical (unpaired) electrons. The fourth-order valence-corrected chi connectivity index (χ4v) is 2.07. The smallest absolute Gasteiger partial charge is 0.294 e. The Bertz CT molecular complexity index is 480. The van der Waals surface area contributed by atoms with Crippen LogP contribution < -0.4 is 9.80 Å². The first-order valence-corrected chi connectivity index (χ1v) is 5.63. The predicted molar refractivity (Wildman–Crippen MR) is 67.5 cm³/mol. The molecule has 90 valence electrons. The maximum Gasteiger partial charge on any atom is 0.294 e. The van der Waals surface area contributed by atoms with Crippen molar-refractivity contribution < 1.29 is 9.59 Å². The van der Waals surface area contributed by atoms with Crippen LogP contribution in [0.25, 0.3) is 0 Å². The molecule has 0 bridgehead atoms. The second-order valence-corrected chi connectivity index (χ2v) is 4.50. The Balaban J connectivity index is 2.37. The van der Waals surface area contributed by atoms with E-state index in [0.29, 0.717) is 13.0 Å². The highest BCUT2D eigenvalue weighted by molar-refractivity contribution is 6.43. The first-order chi connectivity index (χ1) is 8.00. The molecule has 1 aliphatic heterocycles. The summed E-state index contributed by atoms with van der Waals surface area (Å²) < 4.78 is 0. The maximum absolute atomic E-state index is 11.6. The molecule has 0 unspecified atom stereocenters. The van der Waals surface area contributed by atoms with Crippen LogP contribution in [0.4, 0.5) is 11.4 Å². The lowest BCUT2D eigenvalue weighted by molar-refractivity contribution is -0.133. The van der Waals surface area contributed by atoms with Crippen LogP contribution in [0.3, 0.4) is 0 Å². The van der Waals surface area contributed by atoms with Crippen molar-refractivity contribution in [2.75, 3.05) is 30.4 Å². The minimum Gasteiger partial charge on any atom is -0.377 e. The summed E-state index contributed by atoms with van der Waals surface area (Å²) in [5.74, 6) is -0.685. The number of hydrogen-bond acceptors (Lipinski definition) is 3. The first-order valence-electron chi connectivity index (χ1n) is 5.63. The summed E-state index contributed by atoms with van der Waals surface area (Å²) in [5.41, 5.74) is 3.02. The van der Waals surface area contributed by atoms with Crippen molar-refractivity contribution in [3.8, 4) is 0 Å². The Morgan fingerprint density at radius 1 is 1.24 bits per heavy atom. The monoisotopic (exact) mass is 232 g/mol. The summed E-state index contributed by atoms with van der Waals surface area (Å²) in [6, 6.07) is 5.81. The molecule has 1 saturated heterocycles. The topological polar surface area (TPSA) is 40.6 Å². The fourth-order valence-electron chi connectivity index (χ4n) is 2.07. The summed E-state index contributed by atoms with van der Waals surface area (Å²) in [6.45, 7) is 2.52. The number of rotatable bonds is 2. The van der Waals surface area contributed by atoms with Gasteiger partial charge in [-0.25, -0.2) is 0 Å². The predicted octanol–water partition coefficient (Wildman–Crippen LogP) is 1.37. The molecule has 0 N–H and O–H groups in total. The average molecular weight is 232 g/mol. The van der Waals surface area contributed by atoms with E-state index in [4.69, 9.17) is 0 Å². The molecule has 1 aliphatic rings. The number of carbonyl (C=O) groups is 2. The van der Waals surface area contributed by atoms with Crippen LogP contribution in [0.15, 0.2) is 18.2 Å². The largest absolute Gasteiger partial charge is 0.377 e. The van der Waals surface area contributed by atoms with Gasteiger partial charge in [0, 0.05) is 38.4 Å². The third-order valence-electron chi connectivity index (χ3n) is 3.03. The second kappa shape index (κ2) is 4.20. The molecule has 1 aromatic carbocycles. The first kappa shape index (κ1) is 11.6. The van der Waals surface area contributed by atoms with Crippen molar-refractivity contribution in [1.29, 1.82) is 0 Å².